The number of benzene rings is 1. The van der Waals surface area contributed by atoms with Gasteiger partial charge in [0.25, 0.3) is 5.91 Å². The molecule has 1 atom stereocenters. The fourth-order valence-electron chi connectivity index (χ4n) is 3.88. The van der Waals surface area contributed by atoms with Gasteiger partial charge in [0.1, 0.15) is 16.9 Å². The zero-order valence-electron chi connectivity index (χ0n) is 20.2. The molecule has 3 heterocycles. The fourth-order valence-corrected chi connectivity index (χ4v) is 5.08. The summed E-state index contributed by atoms with van der Waals surface area (Å²) in [5.74, 6) is -0.478. The summed E-state index contributed by atoms with van der Waals surface area (Å²) in [7, 11) is -1.94. The van der Waals surface area contributed by atoms with Crippen molar-refractivity contribution in [3.63, 3.8) is 0 Å². The maximum atomic E-state index is 13.5. The van der Waals surface area contributed by atoms with Crippen LogP contribution in [0.25, 0.3) is 10.9 Å². The molecule has 0 bridgehead atoms. The van der Waals surface area contributed by atoms with E-state index in [0.29, 0.717) is 35.9 Å². The van der Waals surface area contributed by atoms with Gasteiger partial charge in [-0.2, -0.15) is 0 Å². The SMILES string of the molecule is CC(C)(C)[Si](C)(C)OCCN1C(=O)C(NC(=O)c2cc3cc(Cl)ncc3[nH]2)Cc2ccccc21. The Bertz CT molecular complexity index is 1230. The first-order valence-electron chi connectivity index (χ1n) is 11.4. The number of fused-ring (bicyclic) bond motifs is 2. The molecule has 4 rings (SSSR count). The number of hydrogen-bond acceptors (Lipinski definition) is 4. The number of para-hydroxylation sites is 1. The lowest BCUT2D eigenvalue weighted by molar-refractivity contribution is -0.120. The van der Waals surface area contributed by atoms with Crippen LogP contribution in [0.3, 0.4) is 0 Å². The molecule has 34 heavy (non-hydrogen) atoms. The van der Waals surface area contributed by atoms with E-state index >= 15 is 0 Å². The first-order chi connectivity index (χ1) is 16.0. The predicted molar refractivity (Wildman–Crippen MR) is 138 cm³/mol. The van der Waals surface area contributed by atoms with Gasteiger partial charge in [-0.25, -0.2) is 4.98 Å². The number of pyridine rings is 1. The lowest BCUT2D eigenvalue weighted by Gasteiger charge is -2.38. The topological polar surface area (TPSA) is 87.3 Å². The Morgan fingerprint density at radius 3 is 2.76 bits per heavy atom. The number of anilines is 1. The third-order valence-corrected chi connectivity index (χ3v) is 11.6. The van der Waals surface area contributed by atoms with E-state index in [0.717, 1.165) is 16.6 Å². The molecule has 1 unspecified atom stereocenters. The number of H-pyrrole nitrogens is 1. The maximum absolute atomic E-state index is 13.5. The molecule has 0 aliphatic carbocycles. The molecule has 7 nitrogen and oxygen atoms in total. The summed E-state index contributed by atoms with van der Waals surface area (Å²) in [4.78, 5) is 35.3. The van der Waals surface area contributed by atoms with Gasteiger partial charge < -0.3 is 19.6 Å². The fraction of sp³-hybridized carbons (Fsp3) is 0.400. The van der Waals surface area contributed by atoms with Crippen LogP contribution in [0.5, 0.6) is 0 Å². The third kappa shape index (κ3) is 4.89. The molecule has 0 saturated carbocycles. The van der Waals surface area contributed by atoms with Crippen LogP contribution in [0, 0.1) is 0 Å². The molecule has 1 aliphatic heterocycles. The van der Waals surface area contributed by atoms with Crippen molar-refractivity contribution in [3.05, 3.63) is 59.0 Å². The van der Waals surface area contributed by atoms with Crippen molar-refractivity contribution < 1.29 is 14.0 Å². The highest BCUT2D eigenvalue weighted by Crippen LogP contribution is 2.36. The molecule has 0 radical (unpaired) electrons. The first kappa shape index (κ1) is 24.4. The summed E-state index contributed by atoms with van der Waals surface area (Å²) in [5, 5.41) is 4.15. The van der Waals surface area contributed by atoms with Gasteiger partial charge in [-0.1, -0.05) is 50.6 Å². The van der Waals surface area contributed by atoms with E-state index in [2.05, 4.69) is 49.1 Å². The number of amides is 2. The summed E-state index contributed by atoms with van der Waals surface area (Å²) in [5.41, 5.74) is 2.97. The summed E-state index contributed by atoms with van der Waals surface area (Å²) < 4.78 is 6.32. The van der Waals surface area contributed by atoms with E-state index in [1.165, 1.54) is 0 Å². The number of aromatic amines is 1. The molecule has 2 aromatic heterocycles. The number of carbonyl (C=O) groups excluding carboxylic acids is 2. The van der Waals surface area contributed by atoms with E-state index in [-0.39, 0.29) is 16.9 Å². The number of nitrogens with zero attached hydrogens (tertiary/aromatic N) is 2. The summed E-state index contributed by atoms with van der Waals surface area (Å²) in [6.07, 6.45) is 2.02. The molecule has 9 heteroatoms. The number of carbonyl (C=O) groups is 2. The Hall–Kier alpha value is -2.68. The molecule has 1 aliphatic rings. The minimum absolute atomic E-state index is 0.0899. The van der Waals surface area contributed by atoms with Gasteiger partial charge in [0, 0.05) is 24.0 Å². The summed E-state index contributed by atoms with van der Waals surface area (Å²) >= 11 is 5.96. The van der Waals surface area contributed by atoms with Gasteiger partial charge in [0.2, 0.25) is 5.91 Å². The Balaban J connectivity index is 1.51. The number of aromatic nitrogens is 2. The molecular weight excluding hydrogens is 468 g/mol. The Kier molecular flexibility index (Phi) is 6.59. The van der Waals surface area contributed by atoms with Gasteiger partial charge in [-0.3, -0.25) is 9.59 Å². The van der Waals surface area contributed by atoms with Crippen molar-refractivity contribution in [2.24, 2.45) is 0 Å². The third-order valence-electron chi connectivity index (χ3n) is 6.88. The molecule has 2 amide bonds. The lowest BCUT2D eigenvalue weighted by Crippen LogP contribution is -2.54. The van der Waals surface area contributed by atoms with Crippen LogP contribution in [0.1, 0.15) is 36.8 Å². The van der Waals surface area contributed by atoms with Crippen LogP contribution < -0.4 is 10.2 Å². The average Bonchev–Trinajstić information content (AvgIpc) is 3.18. The normalized spacial score (nSPS) is 16.6. The number of nitrogens with one attached hydrogen (secondary N) is 2. The van der Waals surface area contributed by atoms with Crippen LogP contribution >= 0.6 is 11.6 Å². The van der Waals surface area contributed by atoms with Crippen LogP contribution in [0.15, 0.2) is 42.6 Å². The molecular formula is C25H31ClN4O3Si. The minimum Gasteiger partial charge on any atom is -0.415 e. The van der Waals surface area contributed by atoms with Crippen molar-refractivity contribution in [3.8, 4) is 0 Å². The van der Waals surface area contributed by atoms with Crippen molar-refractivity contribution in [1.82, 2.24) is 15.3 Å². The second-order valence-corrected chi connectivity index (χ2v) is 15.4. The summed E-state index contributed by atoms with van der Waals surface area (Å²) in [6.45, 7) is 11.9. The summed E-state index contributed by atoms with van der Waals surface area (Å²) in [6, 6.07) is 10.6. The second kappa shape index (κ2) is 9.17. The molecule has 180 valence electrons. The van der Waals surface area contributed by atoms with E-state index in [4.69, 9.17) is 16.0 Å². The quantitative estimate of drug-likeness (QED) is 0.373. The molecule has 2 N–H and O–H groups in total. The number of halogens is 1. The van der Waals surface area contributed by atoms with E-state index in [1.807, 2.05) is 24.3 Å². The maximum Gasteiger partial charge on any atom is 0.268 e. The van der Waals surface area contributed by atoms with Gasteiger partial charge in [0.15, 0.2) is 8.32 Å². The van der Waals surface area contributed by atoms with Crippen LogP contribution in [-0.2, 0) is 15.6 Å². The molecule has 3 aromatic rings. The van der Waals surface area contributed by atoms with Gasteiger partial charge in [0.05, 0.1) is 18.3 Å². The van der Waals surface area contributed by atoms with Gasteiger partial charge in [-0.05, 0) is 41.9 Å². The minimum atomic E-state index is -1.94. The van der Waals surface area contributed by atoms with E-state index in [9.17, 15) is 9.59 Å². The number of hydrogen-bond donors (Lipinski definition) is 2. The van der Waals surface area contributed by atoms with Crippen molar-refractivity contribution in [2.45, 2.75) is 51.4 Å². The predicted octanol–water partition coefficient (Wildman–Crippen LogP) is 4.93. The largest absolute Gasteiger partial charge is 0.415 e. The molecule has 0 spiro atoms. The Labute approximate surface area is 206 Å². The lowest BCUT2D eigenvalue weighted by atomic mass is 9.97. The monoisotopic (exact) mass is 498 g/mol. The van der Waals surface area contributed by atoms with Gasteiger partial charge in [-0.15, -0.1) is 0 Å². The highest BCUT2D eigenvalue weighted by molar-refractivity contribution is 6.74. The second-order valence-electron chi connectivity index (χ2n) is 10.2. The zero-order chi connectivity index (χ0) is 24.7. The number of rotatable bonds is 6. The Morgan fingerprint density at radius 2 is 2.03 bits per heavy atom. The van der Waals surface area contributed by atoms with Crippen molar-refractivity contribution in [2.75, 3.05) is 18.1 Å². The van der Waals surface area contributed by atoms with Crippen LogP contribution in [-0.4, -0.2) is 49.3 Å². The highest BCUT2D eigenvalue weighted by atomic mass is 35.5. The molecule has 1 aromatic carbocycles. The van der Waals surface area contributed by atoms with Crippen molar-refractivity contribution in [1.29, 1.82) is 0 Å². The smallest absolute Gasteiger partial charge is 0.268 e. The molecule has 0 saturated heterocycles. The van der Waals surface area contributed by atoms with Gasteiger partial charge >= 0.3 is 0 Å². The van der Waals surface area contributed by atoms with Crippen LogP contribution in [0.4, 0.5) is 5.69 Å². The first-order valence-corrected chi connectivity index (χ1v) is 14.7. The van der Waals surface area contributed by atoms with Crippen LogP contribution in [0.2, 0.25) is 23.3 Å². The molecule has 0 fully saturated rings. The van der Waals surface area contributed by atoms with E-state index < -0.39 is 14.4 Å². The highest BCUT2D eigenvalue weighted by Gasteiger charge is 2.38. The Morgan fingerprint density at radius 1 is 1.29 bits per heavy atom. The average molecular weight is 499 g/mol. The standard InChI is InChI=1S/C25H31ClN4O3Si/c1-25(2,3)34(4,5)33-11-10-30-21-9-7-6-8-16(21)12-19(24(30)32)29-23(31)18-13-17-14-22(26)27-15-20(17)28-18/h6-9,13-15,19,28H,10-12H2,1-5H3,(H,29,31). The van der Waals surface area contributed by atoms with Crippen molar-refractivity contribution >= 4 is 48.3 Å². The van der Waals surface area contributed by atoms with E-state index in [1.54, 1.807) is 23.2 Å². The zero-order valence-corrected chi connectivity index (χ0v) is 22.0.